The number of hydrogen-bond acceptors (Lipinski definition) is 6. The molecule has 3 aliphatic heterocycles. The lowest BCUT2D eigenvalue weighted by Gasteiger charge is -2.29. The Morgan fingerprint density at radius 1 is 1.06 bits per heavy atom. The van der Waals surface area contributed by atoms with E-state index in [2.05, 4.69) is 10.6 Å². The Morgan fingerprint density at radius 3 is 2.64 bits per heavy atom. The Morgan fingerprint density at radius 2 is 1.85 bits per heavy atom. The zero-order chi connectivity index (χ0) is 24.6. The summed E-state index contributed by atoms with van der Waals surface area (Å²) in [5, 5.41) is 5.72. The lowest BCUT2D eigenvalue weighted by Crippen LogP contribution is -2.52. The number of piperidine rings is 1. The van der Waals surface area contributed by atoms with Crippen molar-refractivity contribution >= 4 is 23.4 Å². The fraction of sp³-hybridized carbons (Fsp3) is 0.400. The van der Waals surface area contributed by atoms with Crippen molar-refractivity contribution in [1.29, 1.82) is 0 Å². The van der Waals surface area contributed by atoms with Crippen LogP contribution in [-0.2, 0) is 33.9 Å². The molecule has 0 bridgehead atoms. The number of carbonyl (C=O) groups is 3. The van der Waals surface area contributed by atoms with Gasteiger partial charge in [0.15, 0.2) is 0 Å². The number of benzene rings is 2. The fourth-order valence-corrected chi connectivity index (χ4v) is 4.57. The van der Waals surface area contributed by atoms with Crippen molar-refractivity contribution < 1.29 is 21.9 Å². The van der Waals surface area contributed by atoms with E-state index in [1.54, 1.807) is 17.0 Å². The van der Waals surface area contributed by atoms with E-state index < -0.39 is 18.4 Å². The molecule has 2 fully saturated rings. The van der Waals surface area contributed by atoms with Crippen molar-refractivity contribution in [3.63, 3.8) is 0 Å². The van der Waals surface area contributed by atoms with Crippen molar-refractivity contribution in [1.82, 2.24) is 15.1 Å². The minimum atomic E-state index is -1.64. The Balaban J connectivity index is 1.35. The molecule has 0 saturated carbocycles. The van der Waals surface area contributed by atoms with Crippen molar-refractivity contribution in [3.05, 3.63) is 64.7 Å². The molecule has 2 saturated heterocycles. The SMILES string of the molecule is [2H]C([2H])(c1ccccc1CNc1cccc2c1CN(C1CCC(=O)NC1=O)C2=O)N1CCOCC1. The monoisotopic (exact) mass is 450 g/mol. The van der Waals surface area contributed by atoms with Crippen molar-refractivity contribution in [2.45, 2.75) is 38.5 Å². The van der Waals surface area contributed by atoms with Crippen LogP contribution in [0.15, 0.2) is 42.5 Å². The van der Waals surface area contributed by atoms with E-state index in [1.807, 2.05) is 30.3 Å². The molecule has 1 unspecified atom stereocenters. The Kier molecular flexibility index (Phi) is 5.44. The third-order valence-corrected chi connectivity index (χ3v) is 6.36. The van der Waals surface area contributed by atoms with Gasteiger partial charge in [-0.05, 0) is 29.7 Å². The first kappa shape index (κ1) is 19.3. The lowest BCUT2D eigenvalue weighted by molar-refractivity contribution is -0.136. The second-order valence-electron chi connectivity index (χ2n) is 8.45. The summed E-state index contributed by atoms with van der Waals surface area (Å²) < 4.78 is 23.0. The molecule has 2 aromatic carbocycles. The third kappa shape index (κ3) is 4.49. The van der Waals surface area contributed by atoms with Gasteiger partial charge in [-0.15, -0.1) is 0 Å². The number of nitrogens with one attached hydrogen (secondary N) is 2. The van der Waals surface area contributed by atoms with Crippen LogP contribution in [0.1, 0.15) is 42.6 Å². The molecule has 3 heterocycles. The van der Waals surface area contributed by atoms with Crippen LogP contribution in [0.5, 0.6) is 0 Å². The van der Waals surface area contributed by atoms with Gasteiger partial charge in [0.05, 0.1) is 13.2 Å². The summed E-state index contributed by atoms with van der Waals surface area (Å²) in [5.74, 6) is -0.966. The van der Waals surface area contributed by atoms with Crippen LogP contribution in [0.3, 0.4) is 0 Å². The number of amides is 3. The number of carbonyl (C=O) groups excluding carboxylic acids is 3. The van der Waals surface area contributed by atoms with E-state index in [-0.39, 0.29) is 24.8 Å². The lowest BCUT2D eigenvalue weighted by atomic mass is 10.0. The van der Waals surface area contributed by atoms with Gasteiger partial charge in [-0.1, -0.05) is 30.3 Å². The number of fused-ring (bicyclic) bond motifs is 1. The highest BCUT2D eigenvalue weighted by Gasteiger charge is 2.39. The van der Waals surface area contributed by atoms with Gasteiger partial charge in [0, 0.05) is 58.7 Å². The second-order valence-corrected chi connectivity index (χ2v) is 8.45. The van der Waals surface area contributed by atoms with E-state index in [9.17, 15) is 14.4 Å². The smallest absolute Gasteiger partial charge is 0.255 e. The first-order valence-electron chi connectivity index (χ1n) is 12.3. The van der Waals surface area contributed by atoms with Crippen LogP contribution in [0.25, 0.3) is 0 Å². The van der Waals surface area contributed by atoms with Gasteiger partial charge in [-0.3, -0.25) is 24.6 Å². The standard InChI is InChI=1S/C25H28N4O4/c30-23-9-8-22(24(31)27-23)29-16-20-19(25(29)32)6-3-7-21(20)26-14-17-4-1-2-5-18(17)15-28-10-12-33-13-11-28/h1-7,22,26H,8-16H2,(H,27,30,31)/i15D2. The average molecular weight is 451 g/mol. The highest BCUT2D eigenvalue weighted by atomic mass is 16.5. The number of ether oxygens (including phenoxy) is 1. The molecule has 0 aliphatic carbocycles. The first-order valence-corrected chi connectivity index (χ1v) is 11.3. The molecule has 33 heavy (non-hydrogen) atoms. The Labute approximate surface area is 195 Å². The van der Waals surface area contributed by atoms with Gasteiger partial charge < -0.3 is 15.0 Å². The minimum absolute atomic E-state index is 0.212. The second kappa shape index (κ2) is 9.33. The van der Waals surface area contributed by atoms with E-state index in [1.165, 1.54) is 4.90 Å². The fourth-order valence-electron chi connectivity index (χ4n) is 4.57. The molecular weight excluding hydrogens is 420 g/mol. The first-order chi connectivity index (χ1) is 16.9. The summed E-state index contributed by atoms with van der Waals surface area (Å²) in [7, 11) is 0. The maximum absolute atomic E-state index is 13.1. The molecular formula is C25H28N4O4. The van der Waals surface area contributed by atoms with Crippen LogP contribution >= 0.6 is 0 Å². The molecule has 172 valence electrons. The predicted molar refractivity (Wildman–Crippen MR) is 122 cm³/mol. The number of imide groups is 1. The summed E-state index contributed by atoms with van der Waals surface area (Å²) in [6, 6.07) is 12.2. The number of anilines is 1. The Bertz CT molecular complexity index is 1170. The van der Waals surface area contributed by atoms with Gasteiger partial charge >= 0.3 is 0 Å². The van der Waals surface area contributed by atoms with Crippen LogP contribution in [-0.4, -0.2) is 59.9 Å². The van der Waals surface area contributed by atoms with Gasteiger partial charge in [0.1, 0.15) is 6.04 Å². The normalized spacial score (nSPS) is 22.5. The summed E-state index contributed by atoms with van der Waals surface area (Å²) in [4.78, 5) is 40.3. The van der Waals surface area contributed by atoms with Crippen molar-refractivity contribution in [2.75, 3.05) is 31.6 Å². The van der Waals surface area contributed by atoms with E-state index in [0.717, 1.165) is 16.8 Å². The summed E-state index contributed by atoms with van der Waals surface area (Å²) in [6.07, 6.45) is 0.528. The molecule has 0 spiro atoms. The molecule has 8 heteroatoms. The Hall–Kier alpha value is -3.23. The van der Waals surface area contributed by atoms with E-state index in [0.29, 0.717) is 50.4 Å². The topological polar surface area (TPSA) is 91.0 Å². The molecule has 2 aromatic rings. The molecule has 3 aliphatic rings. The molecule has 8 nitrogen and oxygen atoms in total. The maximum atomic E-state index is 13.1. The quantitative estimate of drug-likeness (QED) is 0.654. The molecule has 5 rings (SSSR count). The zero-order valence-corrected chi connectivity index (χ0v) is 18.3. The molecule has 0 aromatic heterocycles. The number of nitrogens with zero attached hydrogens (tertiary/aromatic N) is 2. The van der Waals surface area contributed by atoms with Crippen molar-refractivity contribution in [3.8, 4) is 0 Å². The number of rotatable bonds is 6. The van der Waals surface area contributed by atoms with Gasteiger partial charge in [-0.2, -0.15) is 0 Å². The highest BCUT2D eigenvalue weighted by molar-refractivity contribution is 6.06. The summed E-state index contributed by atoms with van der Waals surface area (Å²) >= 11 is 0. The van der Waals surface area contributed by atoms with E-state index >= 15 is 0 Å². The minimum Gasteiger partial charge on any atom is -0.381 e. The summed E-state index contributed by atoms with van der Waals surface area (Å²) in [5.41, 5.74) is 3.54. The predicted octanol–water partition coefficient (Wildman–Crippen LogP) is 1.89. The largest absolute Gasteiger partial charge is 0.381 e. The zero-order valence-electron chi connectivity index (χ0n) is 20.3. The van der Waals surface area contributed by atoms with Crippen LogP contribution in [0.4, 0.5) is 5.69 Å². The highest BCUT2D eigenvalue weighted by Crippen LogP contribution is 2.32. The van der Waals surface area contributed by atoms with Crippen LogP contribution in [0.2, 0.25) is 0 Å². The molecule has 0 radical (unpaired) electrons. The molecule has 1 atom stereocenters. The van der Waals surface area contributed by atoms with Gasteiger partial charge in [0.2, 0.25) is 11.8 Å². The number of morpholine rings is 1. The number of hydrogen-bond donors (Lipinski definition) is 2. The van der Waals surface area contributed by atoms with Gasteiger partial charge in [0.25, 0.3) is 5.91 Å². The molecule has 2 N–H and O–H groups in total. The third-order valence-electron chi connectivity index (χ3n) is 6.36. The molecule has 3 amide bonds. The summed E-state index contributed by atoms with van der Waals surface area (Å²) in [6.45, 7) is 1.09. The van der Waals surface area contributed by atoms with Crippen molar-refractivity contribution in [2.24, 2.45) is 0 Å². The van der Waals surface area contributed by atoms with E-state index in [4.69, 9.17) is 7.48 Å². The van der Waals surface area contributed by atoms with Crippen LogP contribution in [0, 0.1) is 0 Å². The van der Waals surface area contributed by atoms with Crippen LogP contribution < -0.4 is 10.6 Å². The van der Waals surface area contributed by atoms with Gasteiger partial charge in [-0.25, -0.2) is 0 Å². The maximum Gasteiger partial charge on any atom is 0.255 e. The average Bonchev–Trinajstić information content (AvgIpc) is 3.20.